The summed E-state index contributed by atoms with van der Waals surface area (Å²) in [7, 11) is 4.64. The Morgan fingerprint density at radius 1 is 0.912 bits per heavy atom. The van der Waals surface area contributed by atoms with Gasteiger partial charge in [-0.15, -0.1) is 0 Å². The van der Waals surface area contributed by atoms with Gasteiger partial charge in [-0.1, -0.05) is 24.3 Å². The Hall–Kier alpha value is -6.17. The predicted molar refractivity (Wildman–Crippen MR) is 247 cm³/mol. The van der Waals surface area contributed by atoms with Crippen molar-refractivity contribution >= 4 is 34.4 Å². The van der Waals surface area contributed by atoms with E-state index in [1.807, 2.05) is 16.7 Å². The number of amides is 1. The molecule has 9 rings (SSSR count). The zero-order valence-electron chi connectivity index (χ0n) is 39.6. The number of pyridine rings is 1. The summed E-state index contributed by atoms with van der Waals surface area (Å²) in [4.78, 5) is 35.7. The van der Waals surface area contributed by atoms with Gasteiger partial charge < -0.3 is 38.4 Å². The minimum absolute atomic E-state index is 0.0480. The third-order valence-corrected chi connectivity index (χ3v) is 13.7. The van der Waals surface area contributed by atoms with Crippen molar-refractivity contribution in [2.45, 2.75) is 115 Å². The molecule has 0 radical (unpaired) electrons. The van der Waals surface area contributed by atoms with Gasteiger partial charge in [-0.3, -0.25) is 4.90 Å². The van der Waals surface area contributed by atoms with Crippen LogP contribution in [0.5, 0.6) is 17.4 Å². The quantitative estimate of drug-likeness (QED) is 0.118. The van der Waals surface area contributed by atoms with Crippen molar-refractivity contribution in [3.05, 3.63) is 88.5 Å². The fourth-order valence-corrected chi connectivity index (χ4v) is 10.4. The lowest BCUT2D eigenvalue weighted by Gasteiger charge is -2.51. The molecule has 6 heterocycles. The highest BCUT2D eigenvalue weighted by atomic mass is 19.4. The molecule has 2 aromatic heterocycles. The summed E-state index contributed by atoms with van der Waals surface area (Å²) in [6.45, 7) is 11.4. The van der Waals surface area contributed by atoms with Crippen molar-refractivity contribution in [3.63, 3.8) is 0 Å². The second-order valence-corrected chi connectivity index (χ2v) is 19.4. The van der Waals surface area contributed by atoms with Gasteiger partial charge in [0.2, 0.25) is 11.8 Å². The van der Waals surface area contributed by atoms with Gasteiger partial charge in [0.05, 0.1) is 55.7 Å². The number of fused-ring (bicyclic) bond motifs is 5. The van der Waals surface area contributed by atoms with Crippen LogP contribution in [0, 0.1) is 18.6 Å². The number of ether oxygens (including phenoxy) is 5. The third-order valence-electron chi connectivity index (χ3n) is 13.7. The van der Waals surface area contributed by atoms with Crippen LogP contribution in [0.15, 0.2) is 54.6 Å². The van der Waals surface area contributed by atoms with E-state index in [2.05, 4.69) is 4.98 Å². The van der Waals surface area contributed by atoms with E-state index in [1.165, 1.54) is 14.2 Å². The molecule has 3 saturated heterocycles. The van der Waals surface area contributed by atoms with Gasteiger partial charge in [0.15, 0.2) is 5.82 Å². The molecule has 5 atom stereocenters. The lowest BCUT2D eigenvalue weighted by Crippen LogP contribution is -2.65. The van der Waals surface area contributed by atoms with Crippen molar-refractivity contribution in [3.8, 4) is 28.6 Å². The van der Waals surface area contributed by atoms with Crippen molar-refractivity contribution in [1.82, 2.24) is 19.9 Å². The zero-order chi connectivity index (χ0) is 48.6. The number of nitrogens with zero attached hydrogens (tertiary/aromatic N) is 7. The number of alkyl halides is 3. The summed E-state index contributed by atoms with van der Waals surface area (Å²) in [5, 5.41) is 0.0803. The first-order valence-electron chi connectivity index (χ1n) is 22.8. The Bertz CT molecular complexity index is 2690. The number of methoxy groups -OCH3 is 3. The van der Waals surface area contributed by atoms with Crippen molar-refractivity contribution in [2.24, 2.45) is 0 Å². The average Bonchev–Trinajstić information content (AvgIpc) is 3.53. The zero-order valence-corrected chi connectivity index (χ0v) is 39.6. The van der Waals surface area contributed by atoms with Crippen LogP contribution in [0.2, 0.25) is 0 Å². The van der Waals surface area contributed by atoms with Gasteiger partial charge in [-0.2, -0.15) is 18.2 Å². The second kappa shape index (κ2) is 17.4. The summed E-state index contributed by atoms with van der Waals surface area (Å²) in [5.74, 6) is -0.875. The van der Waals surface area contributed by atoms with Gasteiger partial charge in [0.1, 0.15) is 51.4 Å². The Kier molecular flexibility index (Phi) is 12.0. The smallest absolute Gasteiger partial charge is 0.417 e. The number of halogens is 5. The predicted octanol–water partition coefficient (Wildman–Crippen LogP) is 9.87. The first-order chi connectivity index (χ1) is 32.2. The number of anilines is 3. The molecule has 1 amide bonds. The molecule has 13 nitrogen and oxygen atoms in total. The van der Waals surface area contributed by atoms with E-state index in [9.17, 15) is 4.79 Å². The number of benzene rings is 3. The van der Waals surface area contributed by atoms with E-state index in [0.717, 1.165) is 13.0 Å². The Morgan fingerprint density at radius 3 is 2.09 bits per heavy atom. The van der Waals surface area contributed by atoms with Crippen LogP contribution in [0.4, 0.5) is 44.2 Å². The van der Waals surface area contributed by atoms with Crippen LogP contribution in [-0.4, -0.2) is 102 Å². The first kappa shape index (κ1) is 46.9. The summed E-state index contributed by atoms with van der Waals surface area (Å²) >= 11 is 0. The highest BCUT2D eigenvalue weighted by molar-refractivity contribution is 5.98. The molecule has 4 aliphatic rings. The van der Waals surface area contributed by atoms with Gasteiger partial charge in [0.25, 0.3) is 0 Å². The molecular weight excluding hydrogens is 890 g/mol. The molecule has 0 N–H and O–H groups in total. The lowest BCUT2D eigenvalue weighted by atomic mass is 9.88. The Balaban J connectivity index is 1.25. The number of carbonyl (C=O) groups excluding carboxylic acids is 1. The van der Waals surface area contributed by atoms with Crippen molar-refractivity contribution in [1.29, 1.82) is 0 Å². The van der Waals surface area contributed by atoms with E-state index in [-0.39, 0.29) is 59.9 Å². The molecule has 3 aromatic carbocycles. The largest absolute Gasteiger partial charge is 0.497 e. The van der Waals surface area contributed by atoms with E-state index in [0.29, 0.717) is 55.0 Å². The Morgan fingerprint density at radius 2 is 1.54 bits per heavy atom. The molecule has 2 bridgehead atoms. The van der Waals surface area contributed by atoms with E-state index in [4.69, 9.17) is 33.7 Å². The number of rotatable bonds is 11. The molecule has 5 aromatic rings. The number of piperazine rings is 1. The van der Waals surface area contributed by atoms with Crippen LogP contribution in [0.3, 0.4) is 0 Å². The highest BCUT2D eigenvalue weighted by Gasteiger charge is 2.54. The maximum absolute atomic E-state index is 18.1. The van der Waals surface area contributed by atoms with Crippen molar-refractivity contribution in [2.75, 3.05) is 55.7 Å². The van der Waals surface area contributed by atoms with Gasteiger partial charge in [-0.05, 0) is 108 Å². The number of hydrogen-bond acceptors (Lipinski definition) is 12. The molecule has 0 aliphatic carbocycles. The average molecular weight is 946 g/mol. The second-order valence-electron chi connectivity index (χ2n) is 19.4. The molecular formula is C50H56F5N7O6. The standard InChI is InChI=1S/C50H56F5N7O6/c1-27-38(50(53,54)55)34(22-36(39(27)51)59(23-29-10-15-32(65-8)16-11-29)24-30-12-17-33(66-9)18-13-30)41-40(52)42-37-44(58-46(57-42)61-21-20-49(61,6)26-64-7)60-25-31-14-19-35(43(60)28(2)67-45(37)56-41)62(31)47(63)68-48(3,4)5/h10-13,15-18,22,28,31,35,43H,14,19-21,23-26H2,1-9H3/t28-,31+,35-,43+,49-/m0/s1. The highest BCUT2D eigenvalue weighted by Crippen LogP contribution is 2.50. The maximum atomic E-state index is 18.1. The SMILES string of the molecule is COC[C@]1(C)CCN1c1nc2c3c(nc(-c4cc(N(Cc5ccc(OC)cc5)Cc5ccc(OC)cc5)c(F)c(C)c4C(F)(F)F)c(F)c3n1)O[C@@H](C)[C@@H]1[C@@H]3CC[C@H](CN21)N3C(=O)OC(C)(C)C. The summed E-state index contributed by atoms with van der Waals surface area (Å²) in [5.41, 5.74) is -3.99. The molecule has 0 saturated carbocycles. The number of carbonyl (C=O) groups is 1. The van der Waals surface area contributed by atoms with E-state index < -0.39 is 75.6 Å². The fourth-order valence-electron chi connectivity index (χ4n) is 10.4. The molecule has 3 fully saturated rings. The lowest BCUT2D eigenvalue weighted by molar-refractivity contribution is -0.137. The van der Waals surface area contributed by atoms with E-state index >= 15 is 22.0 Å². The minimum Gasteiger partial charge on any atom is -0.497 e. The van der Waals surface area contributed by atoms with Crippen LogP contribution in [0.25, 0.3) is 22.2 Å². The Labute approximate surface area is 392 Å². The monoisotopic (exact) mass is 945 g/mol. The third kappa shape index (κ3) is 8.31. The summed E-state index contributed by atoms with van der Waals surface area (Å²) in [6.07, 6.45) is -4.39. The van der Waals surface area contributed by atoms with Crippen LogP contribution in [0.1, 0.15) is 76.1 Å². The van der Waals surface area contributed by atoms with Crippen LogP contribution in [-0.2, 0) is 28.7 Å². The molecule has 0 spiro atoms. The number of hydrogen-bond donors (Lipinski definition) is 0. The van der Waals surface area contributed by atoms with Gasteiger partial charge >= 0.3 is 12.3 Å². The van der Waals surface area contributed by atoms with Gasteiger partial charge in [-0.25, -0.2) is 23.5 Å². The summed E-state index contributed by atoms with van der Waals surface area (Å²) < 4.78 is 111. The number of aromatic nitrogens is 3. The minimum atomic E-state index is -5.16. The molecule has 4 aliphatic heterocycles. The van der Waals surface area contributed by atoms with Crippen molar-refractivity contribution < 1.29 is 50.4 Å². The van der Waals surface area contributed by atoms with E-state index in [1.54, 1.807) is 93.1 Å². The molecule has 0 unspecified atom stereocenters. The first-order valence-corrected chi connectivity index (χ1v) is 22.8. The van der Waals surface area contributed by atoms with Crippen LogP contribution >= 0.6 is 0 Å². The molecule has 68 heavy (non-hydrogen) atoms. The topological polar surface area (TPSA) is 115 Å². The fraction of sp³-hybridized carbons (Fsp3) is 0.480. The van der Waals surface area contributed by atoms with Gasteiger partial charge in [0, 0.05) is 38.9 Å². The van der Waals surface area contributed by atoms with Crippen LogP contribution < -0.4 is 28.9 Å². The maximum Gasteiger partial charge on any atom is 0.417 e. The molecule has 18 heteroatoms. The summed E-state index contributed by atoms with van der Waals surface area (Å²) in [6, 6.07) is 13.8. The molecule has 362 valence electrons. The normalized spacial score (nSPS) is 22.1.